The number of aryl methyl sites for hydroxylation is 1. The molecule has 10 heteroatoms. The number of nitrogens with zero attached hydrogens (tertiary/aromatic N) is 3. The molecule has 0 aliphatic rings. The summed E-state index contributed by atoms with van der Waals surface area (Å²) in [6, 6.07) is 21.9. The van der Waals surface area contributed by atoms with Crippen LogP contribution >= 0.6 is 11.6 Å². The van der Waals surface area contributed by atoms with Crippen LogP contribution in [0.15, 0.2) is 94.9 Å². The minimum atomic E-state index is -4.10. The van der Waals surface area contributed by atoms with E-state index in [-0.39, 0.29) is 10.6 Å². The molecule has 0 aliphatic heterocycles. The highest BCUT2D eigenvalue weighted by molar-refractivity contribution is 7.92. The summed E-state index contributed by atoms with van der Waals surface area (Å²) in [5.41, 5.74) is 6.04. The lowest BCUT2D eigenvalue weighted by molar-refractivity contribution is -0.119. The van der Waals surface area contributed by atoms with Gasteiger partial charge in [0.15, 0.2) is 0 Å². The van der Waals surface area contributed by atoms with Crippen LogP contribution in [0.5, 0.6) is 0 Å². The standard InChI is InChI=1S/C27H24ClFN4O3S/c1-19-15-21(20(2)33(19)25-8-6-7-22(28)16-25)17-30-31-27(34)18-32(24-13-11-23(29)12-14-24)37(35,36)26-9-4-3-5-10-26/h3-17H,18H2,1-2H3,(H,31,34)/b30-17+. The predicted octanol–water partition coefficient (Wildman–Crippen LogP) is 5.23. The van der Waals surface area contributed by atoms with Gasteiger partial charge in [0.1, 0.15) is 12.4 Å². The van der Waals surface area contributed by atoms with Crippen molar-refractivity contribution in [1.29, 1.82) is 0 Å². The molecular weight excluding hydrogens is 515 g/mol. The second-order valence-electron chi connectivity index (χ2n) is 8.24. The van der Waals surface area contributed by atoms with E-state index >= 15 is 0 Å². The molecule has 0 saturated heterocycles. The largest absolute Gasteiger partial charge is 0.318 e. The second-order valence-corrected chi connectivity index (χ2v) is 10.5. The Morgan fingerprint density at radius 2 is 1.73 bits per heavy atom. The number of hydrogen-bond donors (Lipinski definition) is 1. The van der Waals surface area contributed by atoms with Crippen LogP contribution in [0.3, 0.4) is 0 Å². The molecule has 190 valence electrons. The molecule has 1 heterocycles. The third-order valence-corrected chi connectivity index (χ3v) is 7.69. The molecule has 4 aromatic rings. The molecule has 1 aromatic heterocycles. The fourth-order valence-electron chi connectivity index (χ4n) is 3.91. The molecule has 4 rings (SSSR count). The third-order valence-electron chi connectivity index (χ3n) is 5.66. The molecule has 0 radical (unpaired) electrons. The predicted molar refractivity (Wildman–Crippen MR) is 143 cm³/mol. The molecule has 7 nitrogen and oxygen atoms in total. The monoisotopic (exact) mass is 538 g/mol. The van der Waals surface area contributed by atoms with Crippen molar-refractivity contribution in [1.82, 2.24) is 9.99 Å². The summed E-state index contributed by atoms with van der Waals surface area (Å²) >= 11 is 6.14. The van der Waals surface area contributed by atoms with E-state index in [1.165, 1.54) is 30.5 Å². The fourth-order valence-corrected chi connectivity index (χ4v) is 5.54. The molecule has 0 atom stereocenters. The molecule has 3 aromatic carbocycles. The van der Waals surface area contributed by atoms with Crippen molar-refractivity contribution in [3.63, 3.8) is 0 Å². The first-order valence-corrected chi connectivity index (χ1v) is 13.1. The Hall–Kier alpha value is -3.95. The lowest BCUT2D eigenvalue weighted by Gasteiger charge is -2.23. The van der Waals surface area contributed by atoms with E-state index in [1.54, 1.807) is 24.3 Å². The van der Waals surface area contributed by atoms with Crippen LogP contribution in [0, 0.1) is 19.7 Å². The van der Waals surface area contributed by atoms with E-state index in [9.17, 15) is 17.6 Å². The number of rotatable bonds is 8. The first kappa shape index (κ1) is 26.1. The van der Waals surface area contributed by atoms with Crippen molar-refractivity contribution >= 4 is 39.4 Å². The van der Waals surface area contributed by atoms with Gasteiger partial charge < -0.3 is 4.57 Å². The number of sulfonamides is 1. The molecule has 0 bridgehead atoms. The molecule has 1 N–H and O–H groups in total. The molecule has 0 saturated carbocycles. The van der Waals surface area contributed by atoms with E-state index in [0.717, 1.165) is 39.1 Å². The number of amides is 1. The van der Waals surface area contributed by atoms with Crippen LogP contribution in [0.25, 0.3) is 5.69 Å². The summed E-state index contributed by atoms with van der Waals surface area (Å²) < 4.78 is 43.0. The molecule has 0 spiro atoms. The summed E-state index contributed by atoms with van der Waals surface area (Å²) in [6.45, 7) is 3.31. The minimum Gasteiger partial charge on any atom is -0.318 e. The van der Waals surface area contributed by atoms with E-state index in [4.69, 9.17) is 11.6 Å². The Bertz CT molecular complexity index is 1550. The first-order valence-electron chi connectivity index (χ1n) is 11.3. The zero-order chi connectivity index (χ0) is 26.6. The fraction of sp³-hybridized carbons (Fsp3) is 0.111. The Kier molecular flexibility index (Phi) is 7.75. The van der Waals surface area contributed by atoms with Crippen LogP contribution in [0.1, 0.15) is 17.0 Å². The number of hydrogen-bond acceptors (Lipinski definition) is 4. The van der Waals surface area contributed by atoms with Gasteiger partial charge in [0, 0.05) is 27.7 Å². The minimum absolute atomic E-state index is 0.00378. The molecule has 37 heavy (non-hydrogen) atoms. The van der Waals surface area contributed by atoms with Gasteiger partial charge in [0.2, 0.25) is 0 Å². The topological polar surface area (TPSA) is 83.8 Å². The normalized spacial score (nSPS) is 11.6. The van der Waals surface area contributed by atoms with Crippen LogP contribution in [-0.4, -0.2) is 31.7 Å². The van der Waals surface area contributed by atoms with Crippen LogP contribution in [0.2, 0.25) is 5.02 Å². The van der Waals surface area contributed by atoms with Crippen molar-refractivity contribution in [3.8, 4) is 5.69 Å². The van der Waals surface area contributed by atoms with Gasteiger partial charge >= 0.3 is 0 Å². The number of benzene rings is 3. The van der Waals surface area contributed by atoms with Crippen LogP contribution < -0.4 is 9.73 Å². The zero-order valence-corrected chi connectivity index (χ0v) is 21.7. The second kappa shape index (κ2) is 11.0. The van der Waals surface area contributed by atoms with E-state index in [0.29, 0.717) is 5.02 Å². The van der Waals surface area contributed by atoms with Crippen molar-refractivity contribution in [2.24, 2.45) is 5.10 Å². The van der Waals surface area contributed by atoms with Crippen LogP contribution in [-0.2, 0) is 14.8 Å². The Balaban J connectivity index is 1.54. The lowest BCUT2D eigenvalue weighted by Crippen LogP contribution is -2.39. The number of anilines is 1. The highest BCUT2D eigenvalue weighted by atomic mass is 35.5. The van der Waals surface area contributed by atoms with Gasteiger partial charge in [-0.05, 0) is 74.5 Å². The maximum absolute atomic E-state index is 13.5. The van der Waals surface area contributed by atoms with Gasteiger partial charge in [-0.3, -0.25) is 9.10 Å². The summed E-state index contributed by atoms with van der Waals surface area (Å²) in [6.07, 6.45) is 1.50. The van der Waals surface area contributed by atoms with Crippen molar-refractivity contribution < 1.29 is 17.6 Å². The Morgan fingerprint density at radius 3 is 2.41 bits per heavy atom. The molecule has 0 unspecified atom stereocenters. The lowest BCUT2D eigenvalue weighted by atomic mass is 10.2. The number of hydrazone groups is 1. The molecule has 0 fully saturated rings. The Morgan fingerprint density at radius 1 is 1.03 bits per heavy atom. The van der Waals surface area contributed by atoms with Crippen molar-refractivity contribution in [2.45, 2.75) is 18.7 Å². The quantitative estimate of drug-likeness (QED) is 0.246. The molecular formula is C27H24ClFN4O3S. The van der Waals surface area contributed by atoms with Gasteiger partial charge in [-0.25, -0.2) is 18.2 Å². The number of nitrogens with one attached hydrogen (secondary N) is 1. The summed E-state index contributed by atoms with van der Waals surface area (Å²) in [4.78, 5) is 12.8. The van der Waals surface area contributed by atoms with Crippen LogP contribution in [0.4, 0.5) is 10.1 Å². The van der Waals surface area contributed by atoms with Gasteiger partial charge in [-0.1, -0.05) is 35.9 Å². The maximum atomic E-state index is 13.5. The average Bonchev–Trinajstić information content (AvgIpc) is 3.16. The van der Waals surface area contributed by atoms with Crippen molar-refractivity contribution in [3.05, 3.63) is 113 Å². The average molecular weight is 539 g/mol. The van der Waals surface area contributed by atoms with Gasteiger partial charge in [0.05, 0.1) is 16.8 Å². The third kappa shape index (κ3) is 5.90. The van der Waals surface area contributed by atoms with Gasteiger partial charge in [0.25, 0.3) is 15.9 Å². The summed E-state index contributed by atoms with van der Waals surface area (Å²) in [5, 5.41) is 4.65. The van der Waals surface area contributed by atoms with Gasteiger partial charge in [-0.15, -0.1) is 0 Å². The van der Waals surface area contributed by atoms with E-state index in [1.807, 2.05) is 42.7 Å². The summed E-state index contributed by atoms with van der Waals surface area (Å²) in [7, 11) is -4.10. The van der Waals surface area contributed by atoms with Gasteiger partial charge in [-0.2, -0.15) is 5.10 Å². The first-order chi connectivity index (χ1) is 17.7. The summed E-state index contributed by atoms with van der Waals surface area (Å²) in [5.74, 6) is -1.19. The number of aromatic nitrogens is 1. The van der Waals surface area contributed by atoms with E-state index in [2.05, 4.69) is 10.5 Å². The molecule has 0 aliphatic carbocycles. The number of carbonyl (C=O) groups excluding carboxylic acids is 1. The highest BCUT2D eigenvalue weighted by Gasteiger charge is 2.27. The highest BCUT2D eigenvalue weighted by Crippen LogP contribution is 2.24. The number of halogens is 2. The SMILES string of the molecule is Cc1cc(/C=N/NC(=O)CN(c2ccc(F)cc2)S(=O)(=O)c2ccccc2)c(C)n1-c1cccc(Cl)c1. The van der Waals surface area contributed by atoms with E-state index < -0.39 is 28.3 Å². The zero-order valence-electron chi connectivity index (χ0n) is 20.1. The Labute approximate surface area is 219 Å². The maximum Gasteiger partial charge on any atom is 0.264 e. The number of carbonyl (C=O) groups is 1. The van der Waals surface area contributed by atoms with Crippen molar-refractivity contribution in [2.75, 3.05) is 10.8 Å². The molecule has 1 amide bonds. The smallest absolute Gasteiger partial charge is 0.264 e.